The normalized spacial score (nSPS) is 11.3. The standard InChI is InChI=1S/C13H13N5O/c1-9(2)13(19)11-5-15-17-6-10(3-4-12(11)17)18-8-14-7-16-18/h3-9H,1-2H3. The quantitative estimate of drug-likeness (QED) is 0.669. The van der Waals surface area contributed by atoms with Crippen LogP contribution in [-0.4, -0.2) is 30.2 Å². The highest BCUT2D eigenvalue weighted by atomic mass is 16.1. The van der Waals surface area contributed by atoms with Crippen LogP contribution in [0.1, 0.15) is 24.2 Å². The van der Waals surface area contributed by atoms with E-state index in [1.807, 2.05) is 32.2 Å². The van der Waals surface area contributed by atoms with Crippen molar-refractivity contribution < 1.29 is 4.79 Å². The zero-order chi connectivity index (χ0) is 13.4. The van der Waals surface area contributed by atoms with Crippen molar-refractivity contribution in [3.8, 4) is 5.69 Å². The summed E-state index contributed by atoms with van der Waals surface area (Å²) in [7, 11) is 0. The minimum atomic E-state index is -0.0389. The monoisotopic (exact) mass is 255 g/mol. The van der Waals surface area contributed by atoms with Crippen molar-refractivity contribution >= 4 is 11.3 Å². The Morgan fingerprint density at radius 1 is 1.26 bits per heavy atom. The number of nitrogens with zero attached hydrogens (tertiary/aromatic N) is 5. The lowest BCUT2D eigenvalue weighted by atomic mass is 10.0. The number of aromatic nitrogens is 5. The Morgan fingerprint density at radius 2 is 2.11 bits per heavy atom. The van der Waals surface area contributed by atoms with Gasteiger partial charge in [-0.3, -0.25) is 4.79 Å². The zero-order valence-corrected chi connectivity index (χ0v) is 10.7. The Balaban J connectivity index is 2.10. The Morgan fingerprint density at radius 3 is 2.79 bits per heavy atom. The Bertz CT molecular complexity index is 727. The minimum Gasteiger partial charge on any atom is -0.294 e. The third-order valence-corrected chi connectivity index (χ3v) is 2.97. The first kappa shape index (κ1) is 11.6. The molecule has 0 N–H and O–H groups in total. The number of rotatable bonds is 3. The fraction of sp³-hybridized carbons (Fsp3) is 0.231. The van der Waals surface area contributed by atoms with Gasteiger partial charge in [-0.25, -0.2) is 14.2 Å². The van der Waals surface area contributed by atoms with E-state index in [-0.39, 0.29) is 11.7 Å². The lowest BCUT2D eigenvalue weighted by Crippen LogP contribution is -2.07. The van der Waals surface area contributed by atoms with Crippen LogP contribution in [0.25, 0.3) is 11.2 Å². The van der Waals surface area contributed by atoms with Gasteiger partial charge >= 0.3 is 0 Å². The van der Waals surface area contributed by atoms with Crippen molar-refractivity contribution in [1.29, 1.82) is 0 Å². The highest BCUT2D eigenvalue weighted by Crippen LogP contribution is 2.17. The topological polar surface area (TPSA) is 65.1 Å². The highest BCUT2D eigenvalue weighted by molar-refractivity contribution is 6.03. The number of hydrogen-bond donors (Lipinski definition) is 0. The lowest BCUT2D eigenvalue weighted by molar-refractivity contribution is 0.0941. The first-order valence-electron chi connectivity index (χ1n) is 6.03. The molecule has 0 amide bonds. The lowest BCUT2D eigenvalue weighted by Gasteiger charge is -2.03. The predicted octanol–water partition coefficient (Wildman–Crippen LogP) is 1.75. The molecule has 96 valence electrons. The van der Waals surface area contributed by atoms with Crippen LogP contribution in [0.4, 0.5) is 0 Å². The molecular weight excluding hydrogens is 242 g/mol. The molecule has 3 rings (SSSR count). The van der Waals surface area contributed by atoms with Crippen LogP contribution in [0.15, 0.2) is 37.2 Å². The number of carbonyl (C=O) groups excluding carboxylic acids is 1. The molecule has 6 nitrogen and oxygen atoms in total. The molecule has 19 heavy (non-hydrogen) atoms. The van der Waals surface area contributed by atoms with Gasteiger partial charge in [0, 0.05) is 5.92 Å². The van der Waals surface area contributed by atoms with Gasteiger partial charge in [-0.05, 0) is 12.1 Å². The molecule has 0 bridgehead atoms. The minimum absolute atomic E-state index is 0.0389. The predicted molar refractivity (Wildman–Crippen MR) is 69.3 cm³/mol. The van der Waals surface area contributed by atoms with Gasteiger partial charge in [-0.15, -0.1) is 0 Å². The van der Waals surface area contributed by atoms with Crippen LogP contribution >= 0.6 is 0 Å². The summed E-state index contributed by atoms with van der Waals surface area (Å²) in [5.41, 5.74) is 2.30. The summed E-state index contributed by atoms with van der Waals surface area (Å²) in [6.45, 7) is 3.77. The molecule has 3 aromatic rings. The summed E-state index contributed by atoms with van der Waals surface area (Å²) < 4.78 is 3.33. The van der Waals surface area contributed by atoms with Gasteiger partial charge in [0.25, 0.3) is 0 Å². The van der Waals surface area contributed by atoms with Gasteiger partial charge in [-0.1, -0.05) is 13.8 Å². The number of Topliss-reactive ketones (excluding diaryl/α,β-unsaturated/α-hetero) is 1. The van der Waals surface area contributed by atoms with Crippen LogP contribution in [0, 0.1) is 5.92 Å². The highest BCUT2D eigenvalue weighted by Gasteiger charge is 2.16. The van der Waals surface area contributed by atoms with E-state index in [1.54, 1.807) is 21.7 Å². The van der Waals surface area contributed by atoms with Gasteiger partial charge in [0.2, 0.25) is 0 Å². The largest absolute Gasteiger partial charge is 0.294 e. The molecule has 3 heterocycles. The van der Waals surface area contributed by atoms with Crippen molar-refractivity contribution in [3.63, 3.8) is 0 Å². The maximum atomic E-state index is 12.1. The van der Waals surface area contributed by atoms with E-state index in [9.17, 15) is 4.79 Å². The van der Waals surface area contributed by atoms with Crippen molar-refractivity contribution in [2.75, 3.05) is 0 Å². The second-order valence-electron chi connectivity index (χ2n) is 4.63. The third-order valence-electron chi connectivity index (χ3n) is 2.97. The molecule has 0 radical (unpaired) electrons. The van der Waals surface area contributed by atoms with Crippen LogP contribution in [-0.2, 0) is 0 Å². The Kier molecular flexibility index (Phi) is 2.63. The maximum Gasteiger partial charge on any atom is 0.169 e. The van der Waals surface area contributed by atoms with Crippen LogP contribution in [0.2, 0.25) is 0 Å². The molecule has 0 fully saturated rings. The smallest absolute Gasteiger partial charge is 0.169 e. The van der Waals surface area contributed by atoms with Gasteiger partial charge in [0.15, 0.2) is 5.78 Å². The number of pyridine rings is 1. The van der Waals surface area contributed by atoms with Gasteiger partial charge < -0.3 is 0 Å². The zero-order valence-electron chi connectivity index (χ0n) is 10.7. The molecule has 0 aliphatic carbocycles. The SMILES string of the molecule is CC(C)C(=O)c1cnn2cc(-n3cncn3)ccc12. The molecule has 0 aliphatic rings. The number of fused-ring (bicyclic) bond motifs is 1. The summed E-state index contributed by atoms with van der Waals surface area (Å²) in [5.74, 6) is 0.0616. The summed E-state index contributed by atoms with van der Waals surface area (Å²) in [6, 6.07) is 3.77. The van der Waals surface area contributed by atoms with Crippen LogP contribution in [0.3, 0.4) is 0 Å². The molecule has 0 spiro atoms. The molecular formula is C13H13N5O. The molecule has 3 aromatic heterocycles. The average Bonchev–Trinajstić information content (AvgIpc) is 3.06. The fourth-order valence-electron chi connectivity index (χ4n) is 1.95. The van der Waals surface area contributed by atoms with E-state index in [4.69, 9.17) is 0 Å². The van der Waals surface area contributed by atoms with Gasteiger partial charge in [0.05, 0.1) is 29.2 Å². The van der Waals surface area contributed by atoms with E-state index in [0.29, 0.717) is 5.56 Å². The van der Waals surface area contributed by atoms with Gasteiger partial charge in [0.1, 0.15) is 12.7 Å². The second-order valence-corrected chi connectivity index (χ2v) is 4.63. The molecule has 0 aromatic carbocycles. The number of hydrogen-bond acceptors (Lipinski definition) is 4. The molecule has 0 saturated carbocycles. The summed E-state index contributed by atoms with van der Waals surface area (Å²) in [6.07, 6.45) is 6.52. The molecule has 0 aliphatic heterocycles. The maximum absolute atomic E-state index is 12.1. The first-order chi connectivity index (χ1) is 9.16. The molecule has 6 heteroatoms. The summed E-state index contributed by atoms with van der Waals surface area (Å²) in [4.78, 5) is 16.0. The van der Waals surface area contributed by atoms with Crippen molar-refractivity contribution in [2.24, 2.45) is 5.92 Å². The number of carbonyl (C=O) groups is 1. The van der Waals surface area contributed by atoms with Crippen LogP contribution in [0.5, 0.6) is 0 Å². The van der Waals surface area contributed by atoms with Crippen molar-refractivity contribution in [3.05, 3.63) is 42.7 Å². The molecule has 0 saturated heterocycles. The van der Waals surface area contributed by atoms with E-state index < -0.39 is 0 Å². The first-order valence-corrected chi connectivity index (χ1v) is 6.03. The molecule has 0 unspecified atom stereocenters. The summed E-state index contributed by atoms with van der Waals surface area (Å²) in [5, 5.41) is 8.29. The van der Waals surface area contributed by atoms with E-state index in [0.717, 1.165) is 11.2 Å². The second kappa shape index (κ2) is 4.31. The average molecular weight is 255 g/mol. The van der Waals surface area contributed by atoms with Crippen LogP contribution < -0.4 is 0 Å². The summed E-state index contributed by atoms with van der Waals surface area (Å²) >= 11 is 0. The van der Waals surface area contributed by atoms with E-state index >= 15 is 0 Å². The fourth-order valence-corrected chi connectivity index (χ4v) is 1.95. The van der Waals surface area contributed by atoms with Crippen molar-refractivity contribution in [2.45, 2.75) is 13.8 Å². The Hall–Kier alpha value is -2.50. The van der Waals surface area contributed by atoms with Gasteiger partial charge in [-0.2, -0.15) is 10.2 Å². The van der Waals surface area contributed by atoms with E-state index in [1.165, 1.54) is 6.33 Å². The van der Waals surface area contributed by atoms with E-state index in [2.05, 4.69) is 15.2 Å². The molecule has 0 atom stereocenters. The number of ketones is 1. The van der Waals surface area contributed by atoms with Crippen molar-refractivity contribution in [1.82, 2.24) is 24.4 Å². The Labute approximate surface area is 109 Å². The third kappa shape index (κ3) is 1.91.